The third-order valence-electron chi connectivity index (χ3n) is 6.02. The molecule has 0 radical (unpaired) electrons. The lowest BCUT2D eigenvalue weighted by Gasteiger charge is -2.32. The van der Waals surface area contributed by atoms with Crippen molar-refractivity contribution in [1.82, 2.24) is 10.2 Å². The Labute approximate surface area is 215 Å². The Balaban J connectivity index is 1.92. The maximum absolute atomic E-state index is 14.4. The van der Waals surface area contributed by atoms with E-state index in [-0.39, 0.29) is 39.8 Å². The van der Waals surface area contributed by atoms with E-state index in [1.807, 2.05) is 0 Å². The molecule has 190 valence electrons. The number of anilines is 1. The van der Waals surface area contributed by atoms with Crippen molar-refractivity contribution >= 4 is 50.7 Å². The first-order valence-corrected chi connectivity index (χ1v) is 13.8. The van der Waals surface area contributed by atoms with Gasteiger partial charge in [0.25, 0.3) is 0 Å². The van der Waals surface area contributed by atoms with Crippen LogP contribution in [0.2, 0.25) is 10.0 Å². The number of amides is 2. The van der Waals surface area contributed by atoms with Crippen molar-refractivity contribution in [3.05, 3.63) is 63.9 Å². The van der Waals surface area contributed by atoms with Crippen molar-refractivity contribution in [3.8, 4) is 0 Å². The highest BCUT2D eigenvalue weighted by atomic mass is 35.5. The highest BCUT2D eigenvalue weighted by molar-refractivity contribution is 7.92. The Hall–Kier alpha value is -2.36. The molecule has 1 aliphatic carbocycles. The maximum Gasteiger partial charge on any atom is 0.244 e. The first kappa shape index (κ1) is 27.2. The van der Waals surface area contributed by atoms with E-state index in [1.54, 1.807) is 13.0 Å². The second-order valence-corrected chi connectivity index (χ2v) is 11.4. The molecule has 1 N–H and O–H groups in total. The fraction of sp³-hybridized carbons (Fsp3) is 0.417. The van der Waals surface area contributed by atoms with Crippen LogP contribution in [0.3, 0.4) is 0 Å². The molecule has 0 spiro atoms. The van der Waals surface area contributed by atoms with Gasteiger partial charge in [-0.15, -0.1) is 0 Å². The smallest absolute Gasteiger partial charge is 0.244 e. The minimum absolute atomic E-state index is 0.0214. The van der Waals surface area contributed by atoms with Crippen molar-refractivity contribution in [1.29, 1.82) is 0 Å². The number of halogens is 3. The molecular weight excluding hydrogens is 516 g/mol. The van der Waals surface area contributed by atoms with Crippen LogP contribution in [0.1, 0.15) is 38.2 Å². The third-order valence-corrected chi connectivity index (χ3v) is 7.70. The fourth-order valence-electron chi connectivity index (χ4n) is 4.06. The molecule has 11 heteroatoms. The first-order chi connectivity index (χ1) is 16.5. The van der Waals surface area contributed by atoms with Crippen LogP contribution in [0.25, 0.3) is 0 Å². The van der Waals surface area contributed by atoms with Gasteiger partial charge in [0.15, 0.2) is 0 Å². The van der Waals surface area contributed by atoms with Gasteiger partial charge < -0.3 is 10.2 Å². The summed E-state index contributed by atoms with van der Waals surface area (Å²) in [5.74, 6) is -1.61. The van der Waals surface area contributed by atoms with Crippen LogP contribution in [0.4, 0.5) is 10.1 Å². The first-order valence-electron chi connectivity index (χ1n) is 11.2. The standard InChI is InChI=1S/C24H28Cl2FN3O4S/c1-16(24(32)28-19-8-4-5-9-19)29(14-17-7-3-6-10-21(17)27)23(31)15-30(35(2,33)34)22-13-18(25)11-12-20(22)26/h3,6-7,10-13,16,19H,4-5,8-9,14-15H2,1-2H3,(H,28,32)/t16-/m0/s1. The van der Waals surface area contributed by atoms with E-state index in [2.05, 4.69) is 5.32 Å². The number of hydrogen-bond acceptors (Lipinski definition) is 4. The van der Waals surface area contributed by atoms with Gasteiger partial charge in [0.05, 0.1) is 17.0 Å². The summed E-state index contributed by atoms with van der Waals surface area (Å²) < 4.78 is 40.5. The minimum Gasteiger partial charge on any atom is -0.352 e. The molecule has 1 aliphatic rings. The molecular formula is C24H28Cl2FN3O4S. The molecule has 0 unspecified atom stereocenters. The summed E-state index contributed by atoms with van der Waals surface area (Å²) in [7, 11) is -3.96. The van der Waals surface area contributed by atoms with E-state index < -0.39 is 34.3 Å². The maximum atomic E-state index is 14.4. The van der Waals surface area contributed by atoms with Crippen LogP contribution in [-0.4, -0.2) is 50.0 Å². The quantitative estimate of drug-likeness (QED) is 0.508. The summed E-state index contributed by atoms with van der Waals surface area (Å²) in [5.41, 5.74) is 0.233. The van der Waals surface area contributed by atoms with Crippen molar-refractivity contribution in [3.63, 3.8) is 0 Å². The topological polar surface area (TPSA) is 86.8 Å². The highest BCUT2D eigenvalue weighted by Crippen LogP contribution is 2.31. The molecule has 2 amide bonds. The molecule has 2 aromatic carbocycles. The number of benzene rings is 2. The SMILES string of the molecule is C[C@@H](C(=O)NC1CCCC1)N(Cc1ccccc1F)C(=O)CN(c1cc(Cl)ccc1Cl)S(C)(=O)=O. The molecule has 1 saturated carbocycles. The molecule has 7 nitrogen and oxygen atoms in total. The van der Waals surface area contributed by atoms with Gasteiger partial charge in [-0.2, -0.15) is 0 Å². The molecule has 0 aromatic heterocycles. The van der Waals surface area contributed by atoms with Crippen LogP contribution in [0, 0.1) is 5.82 Å². The largest absolute Gasteiger partial charge is 0.352 e. The van der Waals surface area contributed by atoms with Crippen molar-refractivity contribution in [2.75, 3.05) is 17.1 Å². The van der Waals surface area contributed by atoms with E-state index >= 15 is 0 Å². The van der Waals surface area contributed by atoms with Gasteiger partial charge in [-0.05, 0) is 44.0 Å². The third kappa shape index (κ3) is 7.08. The number of sulfonamides is 1. The van der Waals surface area contributed by atoms with Gasteiger partial charge in [-0.1, -0.05) is 54.2 Å². The van der Waals surface area contributed by atoms with Crippen LogP contribution >= 0.6 is 23.2 Å². The minimum atomic E-state index is -3.96. The van der Waals surface area contributed by atoms with Gasteiger partial charge in [-0.3, -0.25) is 13.9 Å². The Bertz CT molecular complexity index is 1190. The molecule has 0 aliphatic heterocycles. The number of rotatable bonds is 9. The van der Waals surface area contributed by atoms with E-state index in [9.17, 15) is 22.4 Å². The zero-order valence-electron chi connectivity index (χ0n) is 19.5. The summed E-state index contributed by atoms with van der Waals surface area (Å²) >= 11 is 12.3. The predicted octanol–water partition coefficient (Wildman–Crippen LogP) is 4.37. The van der Waals surface area contributed by atoms with Crippen LogP contribution < -0.4 is 9.62 Å². The monoisotopic (exact) mass is 543 g/mol. The molecule has 1 atom stereocenters. The molecule has 1 fully saturated rings. The number of nitrogens with zero attached hydrogens (tertiary/aromatic N) is 2. The fourth-order valence-corrected chi connectivity index (χ4v) is 5.35. The Morgan fingerprint density at radius 2 is 1.80 bits per heavy atom. The number of carbonyl (C=O) groups is 2. The van der Waals surface area contributed by atoms with Gasteiger partial charge in [-0.25, -0.2) is 12.8 Å². The number of hydrogen-bond donors (Lipinski definition) is 1. The molecule has 35 heavy (non-hydrogen) atoms. The lowest BCUT2D eigenvalue weighted by atomic mass is 10.1. The van der Waals surface area contributed by atoms with Gasteiger partial charge >= 0.3 is 0 Å². The average molecular weight is 544 g/mol. The molecule has 0 heterocycles. The normalized spacial score (nSPS) is 15.0. The highest BCUT2D eigenvalue weighted by Gasteiger charge is 2.32. The average Bonchev–Trinajstić information content (AvgIpc) is 3.30. The zero-order chi connectivity index (χ0) is 25.8. The summed E-state index contributed by atoms with van der Waals surface area (Å²) in [6.07, 6.45) is 4.68. The summed E-state index contributed by atoms with van der Waals surface area (Å²) in [5, 5.41) is 3.27. The van der Waals surface area contributed by atoms with E-state index in [0.29, 0.717) is 0 Å². The lowest BCUT2D eigenvalue weighted by molar-refractivity contribution is -0.139. The van der Waals surface area contributed by atoms with Crippen molar-refractivity contribution in [2.24, 2.45) is 0 Å². The van der Waals surface area contributed by atoms with E-state index in [0.717, 1.165) is 36.2 Å². The van der Waals surface area contributed by atoms with Crippen LogP contribution in [0.5, 0.6) is 0 Å². The van der Waals surface area contributed by atoms with Crippen LogP contribution in [-0.2, 0) is 26.2 Å². The van der Waals surface area contributed by atoms with Gasteiger partial charge in [0.1, 0.15) is 18.4 Å². The van der Waals surface area contributed by atoms with Crippen LogP contribution in [0.15, 0.2) is 42.5 Å². The number of nitrogens with one attached hydrogen (secondary N) is 1. The van der Waals surface area contributed by atoms with E-state index in [1.165, 1.54) is 41.3 Å². The molecule has 0 saturated heterocycles. The zero-order valence-corrected chi connectivity index (χ0v) is 21.8. The molecule has 3 rings (SSSR count). The van der Waals surface area contributed by atoms with Crippen molar-refractivity contribution in [2.45, 2.75) is 51.2 Å². The molecule has 0 bridgehead atoms. The Morgan fingerprint density at radius 3 is 2.43 bits per heavy atom. The number of carbonyl (C=O) groups excluding carboxylic acids is 2. The lowest BCUT2D eigenvalue weighted by Crippen LogP contribution is -2.52. The summed E-state index contributed by atoms with van der Waals surface area (Å²) in [6, 6.07) is 9.23. The molecule has 2 aromatic rings. The Kier molecular flexibility index (Phi) is 9.01. The predicted molar refractivity (Wildman–Crippen MR) is 135 cm³/mol. The van der Waals surface area contributed by atoms with E-state index in [4.69, 9.17) is 23.2 Å². The second-order valence-electron chi connectivity index (χ2n) is 8.64. The van der Waals surface area contributed by atoms with Gasteiger partial charge in [0, 0.05) is 23.2 Å². The summed E-state index contributed by atoms with van der Waals surface area (Å²) in [6.45, 7) is 0.681. The summed E-state index contributed by atoms with van der Waals surface area (Å²) in [4.78, 5) is 27.7. The van der Waals surface area contributed by atoms with Crippen molar-refractivity contribution < 1.29 is 22.4 Å². The second kappa shape index (κ2) is 11.6. The van der Waals surface area contributed by atoms with Gasteiger partial charge in [0.2, 0.25) is 21.8 Å². The Morgan fingerprint density at radius 1 is 1.14 bits per heavy atom.